The van der Waals surface area contributed by atoms with E-state index in [4.69, 9.17) is 4.74 Å². The number of ether oxygens (including phenoxy) is 1. The number of hydrogen-bond donors (Lipinski definition) is 3. The van der Waals surface area contributed by atoms with E-state index in [0.29, 0.717) is 22.0 Å². The molecular weight excluding hydrogens is 304 g/mol. The Morgan fingerprint density at radius 2 is 1.86 bits per heavy atom. The van der Waals surface area contributed by atoms with Gasteiger partial charge in [-0.2, -0.15) is 0 Å². The zero-order chi connectivity index (χ0) is 16.3. The van der Waals surface area contributed by atoms with Crippen molar-refractivity contribution >= 4 is 34.0 Å². The van der Waals surface area contributed by atoms with E-state index >= 15 is 0 Å². The molecule has 0 aliphatic rings. The van der Waals surface area contributed by atoms with E-state index in [0.717, 1.165) is 4.88 Å². The van der Waals surface area contributed by atoms with Gasteiger partial charge in [0.1, 0.15) is 10.8 Å². The lowest BCUT2D eigenvalue weighted by molar-refractivity contribution is 0.0697. The summed E-state index contributed by atoms with van der Waals surface area (Å²) in [6.45, 7) is 3.54. The van der Waals surface area contributed by atoms with Crippen molar-refractivity contribution in [2.24, 2.45) is 0 Å². The van der Waals surface area contributed by atoms with Crippen LogP contribution in [-0.4, -0.2) is 24.2 Å². The first-order chi connectivity index (χ1) is 10.4. The molecule has 0 aliphatic carbocycles. The van der Waals surface area contributed by atoms with Crippen molar-refractivity contribution in [2.45, 2.75) is 13.8 Å². The van der Waals surface area contributed by atoms with Gasteiger partial charge in [-0.3, -0.25) is 5.32 Å². The van der Waals surface area contributed by atoms with E-state index in [2.05, 4.69) is 10.6 Å². The molecule has 0 spiro atoms. The molecule has 1 aromatic carbocycles. The summed E-state index contributed by atoms with van der Waals surface area (Å²) in [6.07, 6.45) is 0. The maximum Gasteiger partial charge on any atom is 0.338 e. The number of carbonyl (C=O) groups excluding carboxylic acids is 1. The van der Waals surface area contributed by atoms with Gasteiger partial charge in [-0.05, 0) is 31.5 Å². The normalized spacial score (nSPS) is 10.1. The van der Waals surface area contributed by atoms with Crippen LogP contribution in [-0.2, 0) is 0 Å². The van der Waals surface area contributed by atoms with Crippen molar-refractivity contribution < 1.29 is 19.4 Å². The van der Waals surface area contributed by atoms with E-state index in [1.54, 1.807) is 31.2 Å². The minimum atomic E-state index is -1.06. The lowest BCUT2D eigenvalue weighted by atomic mass is 10.1. The highest BCUT2D eigenvalue weighted by molar-refractivity contribution is 7.16. The molecule has 0 bridgehead atoms. The average Bonchev–Trinajstić information content (AvgIpc) is 2.74. The fourth-order valence-electron chi connectivity index (χ4n) is 1.98. The number of carboxylic acid groups (broad SMARTS) is 1. The third kappa shape index (κ3) is 3.20. The van der Waals surface area contributed by atoms with Gasteiger partial charge in [-0.15, -0.1) is 11.3 Å². The zero-order valence-electron chi connectivity index (χ0n) is 12.4. The summed E-state index contributed by atoms with van der Waals surface area (Å²) >= 11 is 1.23. The first kappa shape index (κ1) is 15.8. The van der Waals surface area contributed by atoms with Crippen LogP contribution in [0.25, 0.3) is 0 Å². The smallest absolute Gasteiger partial charge is 0.338 e. The van der Waals surface area contributed by atoms with Crippen LogP contribution in [0, 0.1) is 13.8 Å². The van der Waals surface area contributed by atoms with Crippen molar-refractivity contribution in [3.8, 4) is 5.75 Å². The van der Waals surface area contributed by atoms with E-state index in [-0.39, 0.29) is 5.56 Å². The van der Waals surface area contributed by atoms with Crippen molar-refractivity contribution in [3.63, 3.8) is 0 Å². The number of aromatic carboxylic acids is 1. The van der Waals surface area contributed by atoms with Gasteiger partial charge in [0.2, 0.25) is 0 Å². The molecule has 2 aromatic rings. The molecule has 3 N–H and O–H groups in total. The molecule has 0 saturated carbocycles. The number of para-hydroxylation sites is 2. The van der Waals surface area contributed by atoms with Gasteiger partial charge < -0.3 is 15.2 Å². The lowest BCUT2D eigenvalue weighted by Gasteiger charge is -2.10. The molecule has 6 nitrogen and oxygen atoms in total. The highest BCUT2D eigenvalue weighted by atomic mass is 32.1. The second-order valence-corrected chi connectivity index (χ2v) is 5.80. The summed E-state index contributed by atoms with van der Waals surface area (Å²) in [5, 5.41) is 14.8. The molecule has 0 unspecified atom stereocenters. The summed E-state index contributed by atoms with van der Waals surface area (Å²) in [5.41, 5.74) is 1.28. The van der Waals surface area contributed by atoms with E-state index in [1.807, 2.05) is 6.92 Å². The maximum absolute atomic E-state index is 12.1. The molecule has 22 heavy (non-hydrogen) atoms. The number of nitrogens with one attached hydrogen (secondary N) is 2. The zero-order valence-corrected chi connectivity index (χ0v) is 13.2. The van der Waals surface area contributed by atoms with Crippen molar-refractivity contribution in [1.82, 2.24) is 0 Å². The van der Waals surface area contributed by atoms with Gasteiger partial charge in [-0.1, -0.05) is 12.1 Å². The molecule has 1 aromatic heterocycles. The standard InChI is InChI=1S/C15H16N2O4S/c1-8-9(2)22-13(12(8)14(18)19)17-15(20)16-10-6-4-5-7-11(10)21-3/h4-7H,1-3H3,(H,18,19)(H2,16,17,20). The van der Waals surface area contributed by atoms with Crippen LogP contribution >= 0.6 is 11.3 Å². The third-order valence-electron chi connectivity index (χ3n) is 3.18. The van der Waals surface area contributed by atoms with Gasteiger partial charge in [-0.25, -0.2) is 9.59 Å². The average molecular weight is 320 g/mol. The fraction of sp³-hybridized carbons (Fsp3) is 0.200. The number of aryl methyl sites for hydroxylation is 1. The van der Waals surface area contributed by atoms with Gasteiger partial charge in [0.25, 0.3) is 0 Å². The summed E-state index contributed by atoms with van der Waals surface area (Å²) in [5.74, 6) is -0.538. The van der Waals surface area contributed by atoms with Crippen LogP contribution in [0.3, 0.4) is 0 Å². The van der Waals surface area contributed by atoms with Crippen LogP contribution in [0.1, 0.15) is 20.8 Å². The highest BCUT2D eigenvalue weighted by Gasteiger charge is 2.20. The van der Waals surface area contributed by atoms with Crippen LogP contribution in [0.15, 0.2) is 24.3 Å². The number of carbonyl (C=O) groups is 2. The van der Waals surface area contributed by atoms with E-state index in [9.17, 15) is 14.7 Å². The Hall–Kier alpha value is -2.54. The maximum atomic E-state index is 12.1. The molecular formula is C15H16N2O4S. The predicted octanol–water partition coefficient (Wildman–Crippen LogP) is 3.72. The fourth-order valence-corrected chi connectivity index (χ4v) is 3.02. The molecule has 2 rings (SSSR count). The molecule has 1 heterocycles. The molecule has 0 saturated heterocycles. The number of hydrogen-bond acceptors (Lipinski definition) is 4. The molecule has 0 atom stereocenters. The summed E-state index contributed by atoms with van der Waals surface area (Å²) < 4.78 is 5.15. The minimum Gasteiger partial charge on any atom is -0.495 e. The van der Waals surface area contributed by atoms with Crippen molar-refractivity contribution in [1.29, 1.82) is 0 Å². The number of benzene rings is 1. The van der Waals surface area contributed by atoms with Gasteiger partial charge in [0.15, 0.2) is 0 Å². The topological polar surface area (TPSA) is 87.7 Å². The Morgan fingerprint density at radius 1 is 1.18 bits per heavy atom. The Kier molecular flexibility index (Phi) is 4.67. The third-order valence-corrected chi connectivity index (χ3v) is 4.30. The Morgan fingerprint density at radius 3 is 2.50 bits per heavy atom. The van der Waals surface area contributed by atoms with Gasteiger partial charge >= 0.3 is 12.0 Å². The van der Waals surface area contributed by atoms with Gasteiger partial charge in [0, 0.05) is 4.88 Å². The van der Waals surface area contributed by atoms with Gasteiger partial charge in [0.05, 0.1) is 18.4 Å². The van der Waals surface area contributed by atoms with Crippen molar-refractivity contribution in [3.05, 3.63) is 40.3 Å². The molecule has 116 valence electrons. The summed E-state index contributed by atoms with van der Waals surface area (Å²) in [4.78, 5) is 24.2. The largest absolute Gasteiger partial charge is 0.495 e. The van der Waals surface area contributed by atoms with E-state index < -0.39 is 12.0 Å². The van der Waals surface area contributed by atoms with E-state index in [1.165, 1.54) is 18.4 Å². The van der Waals surface area contributed by atoms with Crippen LogP contribution in [0.2, 0.25) is 0 Å². The Balaban J connectivity index is 2.20. The van der Waals surface area contributed by atoms with Crippen molar-refractivity contribution in [2.75, 3.05) is 17.7 Å². The predicted molar refractivity (Wildman–Crippen MR) is 86.4 cm³/mol. The number of rotatable bonds is 4. The first-order valence-corrected chi connectivity index (χ1v) is 7.30. The number of amides is 2. The van der Waals surface area contributed by atoms with Crippen LogP contribution < -0.4 is 15.4 Å². The molecule has 0 radical (unpaired) electrons. The summed E-state index contributed by atoms with van der Waals surface area (Å²) in [7, 11) is 1.51. The second-order valence-electron chi connectivity index (χ2n) is 4.57. The lowest BCUT2D eigenvalue weighted by Crippen LogP contribution is -2.20. The number of urea groups is 1. The van der Waals surface area contributed by atoms with Crippen LogP contribution in [0.4, 0.5) is 15.5 Å². The molecule has 0 aliphatic heterocycles. The number of anilines is 2. The minimum absolute atomic E-state index is 0.123. The summed E-state index contributed by atoms with van der Waals surface area (Å²) in [6, 6.07) is 6.45. The molecule has 2 amide bonds. The molecule has 0 fully saturated rings. The second kappa shape index (κ2) is 6.48. The quantitative estimate of drug-likeness (QED) is 0.801. The van der Waals surface area contributed by atoms with Crippen LogP contribution in [0.5, 0.6) is 5.75 Å². The number of carboxylic acids is 1. The SMILES string of the molecule is COc1ccccc1NC(=O)Nc1sc(C)c(C)c1C(=O)O. The Bertz CT molecular complexity index is 724. The molecule has 7 heteroatoms. The monoisotopic (exact) mass is 320 g/mol. The highest BCUT2D eigenvalue weighted by Crippen LogP contribution is 2.32. The first-order valence-electron chi connectivity index (χ1n) is 6.48. The number of methoxy groups -OCH3 is 1. The Labute approximate surface area is 131 Å². The number of thiophene rings is 1.